The number of Topliss-reactive ketones (excluding diaryl/α,β-unsaturated/α-hetero) is 1. The lowest BCUT2D eigenvalue weighted by molar-refractivity contribution is -0.115. The van der Waals surface area contributed by atoms with Crippen molar-refractivity contribution in [1.82, 2.24) is 13.9 Å². The van der Waals surface area contributed by atoms with Gasteiger partial charge in [-0.3, -0.25) is 9.59 Å². The average Bonchev–Trinajstić information content (AvgIpc) is 3.00. The summed E-state index contributed by atoms with van der Waals surface area (Å²) in [5, 5.41) is 10.8. The van der Waals surface area contributed by atoms with Crippen molar-refractivity contribution in [3.8, 4) is 11.5 Å². The Hall–Kier alpha value is -3.15. The first-order valence-corrected chi connectivity index (χ1v) is 11.0. The van der Waals surface area contributed by atoms with Crippen LogP contribution in [0, 0.1) is 0 Å². The third-order valence-electron chi connectivity index (χ3n) is 6.34. The standard InChI is InChI=1S/C22H18IN3O6/c1-24-21(30)25-6-5-11-15(26(25)22(24)31)8-13-17(28)9-14(23)20(29)19(13)18(11)12-4-3-10(32-2)7-16(12)27/h3-5,7,9,15,18,27H,6,8H2,1-2H3/t15-,18-/m1/s1. The minimum atomic E-state index is -0.736. The van der Waals surface area contributed by atoms with Gasteiger partial charge in [0, 0.05) is 48.2 Å². The number of phenols is 1. The van der Waals surface area contributed by atoms with Gasteiger partial charge in [-0.15, -0.1) is 0 Å². The first-order chi connectivity index (χ1) is 15.2. The van der Waals surface area contributed by atoms with E-state index in [9.17, 15) is 24.3 Å². The monoisotopic (exact) mass is 547 g/mol. The smallest absolute Gasteiger partial charge is 0.347 e. The van der Waals surface area contributed by atoms with E-state index in [1.54, 1.807) is 12.1 Å². The maximum atomic E-state index is 13.2. The molecule has 32 heavy (non-hydrogen) atoms. The topological polar surface area (TPSA) is 113 Å². The Balaban J connectivity index is 1.79. The molecule has 5 rings (SSSR count). The summed E-state index contributed by atoms with van der Waals surface area (Å²) >= 11 is 1.85. The van der Waals surface area contributed by atoms with Crippen LogP contribution in [0.15, 0.2) is 60.2 Å². The zero-order chi connectivity index (χ0) is 22.9. The molecule has 2 aromatic rings. The van der Waals surface area contributed by atoms with Gasteiger partial charge in [0.25, 0.3) is 0 Å². The first kappa shape index (κ1) is 20.7. The molecule has 0 bridgehead atoms. The van der Waals surface area contributed by atoms with Gasteiger partial charge in [0.15, 0.2) is 11.6 Å². The van der Waals surface area contributed by atoms with Gasteiger partial charge in [0.05, 0.1) is 23.3 Å². The Morgan fingerprint density at radius 2 is 1.91 bits per heavy atom. The lowest BCUT2D eigenvalue weighted by Gasteiger charge is -2.39. The van der Waals surface area contributed by atoms with Crippen LogP contribution >= 0.6 is 22.6 Å². The van der Waals surface area contributed by atoms with E-state index in [4.69, 9.17) is 4.74 Å². The van der Waals surface area contributed by atoms with E-state index < -0.39 is 23.3 Å². The second kappa shape index (κ2) is 7.19. The molecular weight excluding hydrogens is 529 g/mol. The number of allylic oxidation sites excluding steroid dienone is 6. The highest BCUT2D eigenvalue weighted by molar-refractivity contribution is 14.1. The summed E-state index contributed by atoms with van der Waals surface area (Å²) in [5.41, 5.74) is 0.797. The zero-order valence-corrected chi connectivity index (χ0v) is 19.3. The third kappa shape index (κ3) is 2.74. The number of nitrogens with zero attached hydrogens (tertiary/aromatic N) is 3. The number of hydrogen-bond acceptors (Lipinski definition) is 6. The molecule has 164 valence electrons. The summed E-state index contributed by atoms with van der Waals surface area (Å²) in [6.45, 7) is 0.145. The Labute approximate surface area is 195 Å². The quantitative estimate of drug-likeness (QED) is 0.347. The molecule has 0 spiro atoms. The van der Waals surface area contributed by atoms with Crippen LogP contribution in [0.4, 0.5) is 0 Å². The van der Waals surface area contributed by atoms with E-state index in [0.717, 1.165) is 4.57 Å². The van der Waals surface area contributed by atoms with Crippen LogP contribution in [-0.4, -0.2) is 37.7 Å². The highest BCUT2D eigenvalue weighted by Crippen LogP contribution is 2.52. The number of hydrogen-bond donors (Lipinski definition) is 1. The number of methoxy groups -OCH3 is 1. The van der Waals surface area contributed by atoms with Crippen LogP contribution < -0.4 is 16.1 Å². The van der Waals surface area contributed by atoms with Gasteiger partial charge >= 0.3 is 11.4 Å². The van der Waals surface area contributed by atoms with Crippen molar-refractivity contribution in [3.63, 3.8) is 0 Å². The number of halogens is 1. The average molecular weight is 547 g/mol. The van der Waals surface area contributed by atoms with Gasteiger partial charge in [-0.1, -0.05) is 12.1 Å². The normalized spacial score (nSPS) is 22.1. The molecule has 1 aromatic carbocycles. The summed E-state index contributed by atoms with van der Waals surface area (Å²) in [4.78, 5) is 51.5. The van der Waals surface area contributed by atoms with Gasteiger partial charge in [-0.25, -0.2) is 23.5 Å². The van der Waals surface area contributed by atoms with Crippen molar-refractivity contribution in [2.24, 2.45) is 7.05 Å². The van der Waals surface area contributed by atoms with Gasteiger partial charge in [-0.05, 0) is 34.2 Å². The second-order valence-electron chi connectivity index (χ2n) is 7.91. The van der Waals surface area contributed by atoms with Crippen LogP contribution in [0.1, 0.15) is 23.9 Å². The van der Waals surface area contributed by atoms with E-state index in [1.165, 1.54) is 35.7 Å². The van der Waals surface area contributed by atoms with Crippen LogP contribution in [0.3, 0.4) is 0 Å². The highest BCUT2D eigenvalue weighted by atomic mass is 127. The van der Waals surface area contributed by atoms with Crippen LogP contribution in [-0.2, 0) is 23.2 Å². The van der Waals surface area contributed by atoms with E-state index in [-0.39, 0.29) is 30.3 Å². The van der Waals surface area contributed by atoms with Gasteiger partial charge in [0.1, 0.15) is 11.5 Å². The Morgan fingerprint density at radius 3 is 2.59 bits per heavy atom. The third-order valence-corrected chi connectivity index (χ3v) is 7.14. The molecule has 9 nitrogen and oxygen atoms in total. The van der Waals surface area contributed by atoms with Gasteiger partial charge in [-0.2, -0.15) is 0 Å². The summed E-state index contributed by atoms with van der Waals surface area (Å²) < 4.78 is 9.20. The lowest BCUT2D eigenvalue weighted by atomic mass is 9.68. The van der Waals surface area contributed by atoms with E-state index in [0.29, 0.717) is 31.6 Å². The van der Waals surface area contributed by atoms with Crippen LogP contribution in [0.5, 0.6) is 11.5 Å². The van der Waals surface area contributed by atoms with Crippen molar-refractivity contribution in [3.05, 3.63) is 77.2 Å². The summed E-state index contributed by atoms with van der Waals surface area (Å²) in [5.74, 6) is -0.955. The molecule has 2 atom stereocenters. The number of aromatic hydroxyl groups is 1. The Bertz CT molecular complexity index is 1430. The number of carbonyl (C=O) groups is 2. The minimum absolute atomic E-state index is 0.0871. The summed E-state index contributed by atoms with van der Waals surface area (Å²) in [6.07, 6.45) is 3.22. The molecule has 0 saturated heterocycles. The molecule has 1 N–H and O–H groups in total. The summed E-state index contributed by atoms with van der Waals surface area (Å²) in [7, 11) is 2.89. The molecule has 0 saturated carbocycles. The fourth-order valence-electron chi connectivity index (χ4n) is 4.83. The maximum absolute atomic E-state index is 13.2. The van der Waals surface area contributed by atoms with Crippen molar-refractivity contribution in [1.29, 1.82) is 0 Å². The molecule has 0 radical (unpaired) electrons. The summed E-state index contributed by atoms with van der Waals surface area (Å²) in [6, 6.07) is 4.15. The number of ether oxygens (including phenoxy) is 1. The molecular formula is C22H18IN3O6. The van der Waals surface area contributed by atoms with Crippen LogP contribution in [0.2, 0.25) is 0 Å². The molecule has 0 amide bonds. The predicted octanol–water partition coefficient (Wildman–Crippen LogP) is 1.50. The Kier molecular flexibility index (Phi) is 4.66. The predicted molar refractivity (Wildman–Crippen MR) is 122 cm³/mol. The van der Waals surface area contributed by atoms with E-state index in [2.05, 4.69) is 0 Å². The molecule has 1 aliphatic heterocycles. The first-order valence-electron chi connectivity index (χ1n) is 9.89. The van der Waals surface area contributed by atoms with Crippen molar-refractivity contribution < 1.29 is 19.4 Å². The largest absolute Gasteiger partial charge is 0.507 e. The molecule has 2 aliphatic carbocycles. The molecule has 10 heteroatoms. The number of benzene rings is 1. The molecule has 1 aromatic heterocycles. The van der Waals surface area contributed by atoms with Gasteiger partial charge in [0.2, 0.25) is 0 Å². The Morgan fingerprint density at radius 1 is 1.16 bits per heavy atom. The lowest BCUT2D eigenvalue weighted by Crippen LogP contribution is -2.40. The number of fused-ring (bicyclic) bond motifs is 3. The maximum Gasteiger partial charge on any atom is 0.347 e. The molecule has 2 heterocycles. The van der Waals surface area contributed by atoms with Crippen molar-refractivity contribution >= 4 is 34.2 Å². The van der Waals surface area contributed by atoms with Crippen molar-refractivity contribution in [2.45, 2.75) is 24.9 Å². The number of aromatic nitrogens is 3. The van der Waals surface area contributed by atoms with E-state index in [1.807, 2.05) is 28.7 Å². The van der Waals surface area contributed by atoms with E-state index >= 15 is 0 Å². The molecule has 0 fully saturated rings. The molecule has 3 aliphatic rings. The van der Waals surface area contributed by atoms with Gasteiger partial charge < -0.3 is 9.84 Å². The minimum Gasteiger partial charge on any atom is -0.507 e. The van der Waals surface area contributed by atoms with Crippen LogP contribution in [0.25, 0.3) is 0 Å². The highest BCUT2D eigenvalue weighted by Gasteiger charge is 2.45. The number of phenolic OH excluding ortho intramolecular Hbond substituents is 1. The molecule has 0 unspecified atom stereocenters. The fraction of sp³-hybridized carbons (Fsp3) is 0.273. The number of carbonyl (C=O) groups excluding carboxylic acids is 2. The fourth-order valence-corrected chi connectivity index (χ4v) is 5.40. The second-order valence-corrected chi connectivity index (χ2v) is 9.07. The van der Waals surface area contributed by atoms with Crippen molar-refractivity contribution in [2.75, 3.05) is 7.11 Å². The SMILES string of the molecule is COc1ccc([C@H]2C3=CCn4c(=O)n(C)c(=O)n4[C@@H]3CC3=C2C(=O)C(I)=CC3=O)c(O)c1. The number of rotatable bonds is 2. The number of ketones is 2. The zero-order valence-electron chi connectivity index (χ0n) is 17.2.